The molecular weight excluding hydrogens is 372 g/mol. The van der Waals surface area contributed by atoms with Crippen molar-refractivity contribution in [2.45, 2.75) is 6.42 Å². The van der Waals surface area contributed by atoms with Crippen molar-refractivity contribution in [2.24, 2.45) is 0 Å². The molecule has 0 heterocycles. The number of rotatable bonds is 4. The molecule has 3 aromatic rings. The Hall–Kier alpha value is -3.80. The Balaban J connectivity index is 1.79. The molecule has 0 saturated heterocycles. The Morgan fingerprint density at radius 2 is 1.55 bits per heavy atom. The monoisotopic (exact) mass is 390 g/mol. The summed E-state index contributed by atoms with van der Waals surface area (Å²) in [4.78, 5) is 25.8. The number of aromatic hydroxyl groups is 2. The number of phenolic OH excluding ortho intramolecular Hbond substituents is 2. The molecule has 0 aromatic heterocycles. The minimum absolute atomic E-state index is 0.0788. The third-order valence-electron chi connectivity index (χ3n) is 5.05. The second kappa shape index (κ2) is 6.98. The molecule has 29 heavy (non-hydrogen) atoms. The lowest BCUT2D eigenvalue weighted by atomic mass is 9.82. The zero-order valence-electron chi connectivity index (χ0n) is 15.9. The van der Waals surface area contributed by atoms with E-state index in [2.05, 4.69) is 0 Å². The largest absolute Gasteiger partial charge is 0.507 e. The second-order valence-electron chi connectivity index (χ2n) is 6.75. The highest BCUT2D eigenvalue weighted by Crippen LogP contribution is 2.38. The molecule has 0 fully saturated rings. The molecule has 1 aliphatic carbocycles. The van der Waals surface area contributed by atoms with Gasteiger partial charge in [0.25, 0.3) is 0 Å². The Morgan fingerprint density at radius 3 is 2.28 bits per heavy atom. The molecular formula is C23H18O6. The van der Waals surface area contributed by atoms with Gasteiger partial charge in [0.2, 0.25) is 5.78 Å². The summed E-state index contributed by atoms with van der Waals surface area (Å²) in [5.41, 5.74) is 1.56. The van der Waals surface area contributed by atoms with Gasteiger partial charge in [0.15, 0.2) is 5.78 Å². The first-order chi connectivity index (χ1) is 13.9. The maximum Gasteiger partial charge on any atom is 0.201 e. The van der Waals surface area contributed by atoms with E-state index in [1.54, 1.807) is 32.4 Å². The van der Waals surface area contributed by atoms with Gasteiger partial charge in [-0.15, -0.1) is 0 Å². The van der Waals surface area contributed by atoms with E-state index in [9.17, 15) is 19.8 Å². The molecule has 4 rings (SSSR count). The van der Waals surface area contributed by atoms with Crippen LogP contribution in [0.3, 0.4) is 0 Å². The summed E-state index contributed by atoms with van der Waals surface area (Å²) in [6.45, 7) is 0. The number of ether oxygens (including phenoxy) is 2. The Kier molecular flexibility index (Phi) is 4.47. The summed E-state index contributed by atoms with van der Waals surface area (Å²) in [5, 5.41) is 20.6. The van der Waals surface area contributed by atoms with E-state index in [0.717, 1.165) is 5.56 Å². The van der Waals surface area contributed by atoms with Gasteiger partial charge in [-0.05, 0) is 35.4 Å². The van der Waals surface area contributed by atoms with Crippen molar-refractivity contribution >= 4 is 11.6 Å². The first-order valence-corrected chi connectivity index (χ1v) is 8.92. The van der Waals surface area contributed by atoms with Crippen LogP contribution in [0.25, 0.3) is 0 Å². The van der Waals surface area contributed by atoms with Crippen LogP contribution in [0.2, 0.25) is 0 Å². The summed E-state index contributed by atoms with van der Waals surface area (Å²) >= 11 is 0. The van der Waals surface area contributed by atoms with Gasteiger partial charge in [0.1, 0.15) is 23.0 Å². The molecule has 6 nitrogen and oxygen atoms in total. The normalized spacial score (nSPS) is 12.3. The van der Waals surface area contributed by atoms with Crippen LogP contribution < -0.4 is 9.47 Å². The van der Waals surface area contributed by atoms with Gasteiger partial charge in [-0.2, -0.15) is 0 Å². The maximum absolute atomic E-state index is 13.0. The van der Waals surface area contributed by atoms with Crippen molar-refractivity contribution in [3.63, 3.8) is 0 Å². The van der Waals surface area contributed by atoms with Gasteiger partial charge in [-0.25, -0.2) is 0 Å². The van der Waals surface area contributed by atoms with Crippen molar-refractivity contribution in [1.82, 2.24) is 0 Å². The van der Waals surface area contributed by atoms with Crippen molar-refractivity contribution in [3.05, 3.63) is 81.9 Å². The van der Waals surface area contributed by atoms with Gasteiger partial charge in [-0.3, -0.25) is 9.59 Å². The van der Waals surface area contributed by atoms with E-state index in [4.69, 9.17) is 9.47 Å². The summed E-state index contributed by atoms with van der Waals surface area (Å²) < 4.78 is 10.6. The number of phenols is 2. The highest BCUT2D eigenvalue weighted by atomic mass is 16.5. The summed E-state index contributed by atoms with van der Waals surface area (Å²) in [6, 6.07) is 12.8. The fourth-order valence-electron chi connectivity index (χ4n) is 3.66. The molecule has 1 aliphatic rings. The fourth-order valence-corrected chi connectivity index (χ4v) is 3.66. The van der Waals surface area contributed by atoms with E-state index in [-0.39, 0.29) is 33.8 Å². The predicted octanol–water partition coefficient (Wildman–Crippen LogP) is 3.48. The Morgan fingerprint density at radius 1 is 0.793 bits per heavy atom. The van der Waals surface area contributed by atoms with Crippen molar-refractivity contribution < 1.29 is 29.3 Å². The van der Waals surface area contributed by atoms with Crippen LogP contribution in [0, 0.1) is 0 Å². The van der Waals surface area contributed by atoms with Crippen molar-refractivity contribution in [1.29, 1.82) is 0 Å². The second-order valence-corrected chi connectivity index (χ2v) is 6.75. The first kappa shape index (κ1) is 18.6. The molecule has 0 aliphatic heterocycles. The Labute approximate surface area is 167 Å². The molecule has 0 bridgehead atoms. The molecule has 0 unspecified atom stereocenters. The molecule has 146 valence electrons. The highest BCUT2D eigenvalue weighted by Gasteiger charge is 2.34. The smallest absolute Gasteiger partial charge is 0.201 e. The van der Waals surface area contributed by atoms with Crippen molar-refractivity contribution in [3.8, 4) is 23.0 Å². The average molecular weight is 390 g/mol. The number of benzene rings is 3. The molecule has 0 amide bonds. The van der Waals surface area contributed by atoms with E-state index in [1.165, 1.54) is 24.3 Å². The van der Waals surface area contributed by atoms with Crippen LogP contribution in [0.15, 0.2) is 48.5 Å². The number of carbonyl (C=O) groups is 2. The highest BCUT2D eigenvalue weighted by molar-refractivity contribution is 6.30. The lowest BCUT2D eigenvalue weighted by Crippen LogP contribution is -2.21. The SMILES string of the molecule is COc1ccc(Cc2cc(O)c3c(c2)C(=O)c2cccc(O)c2C3=O)c(OC)c1. The maximum atomic E-state index is 13.0. The van der Waals surface area contributed by atoms with Crippen LogP contribution in [0.1, 0.15) is 43.0 Å². The molecule has 6 heteroatoms. The molecule has 2 N–H and O–H groups in total. The van der Waals surface area contributed by atoms with Crippen LogP contribution in [-0.2, 0) is 6.42 Å². The minimum atomic E-state index is -0.571. The summed E-state index contributed by atoms with van der Waals surface area (Å²) in [7, 11) is 3.11. The molecule has 0 saturated carbocycles. The fraction of sp³-hybridized carbons (Fsp3) is 0.130. The van der Waals surface area contributed by atoms with Crippen LogP contribution >= 0.6 is 0 Å². The van der Waals surface area contributed by atoms with Gasteiger partial charge in [0.05, 0.1) is 25.3 Å². The first-order valence-electron chi connectivity index (χ1n) is 8.92. The zero-order valence-corrected chi connectivity index (χ0v) is 15.9. The number of fused-ring (bicyclic) bond motifs is 2. The van der Waals surface area contributed by atoms with Crippen LogP contribution in [0.4, 0.5) is 0 Å². The number of hydrogen-bond acceptors (Lipinski definition) is 6. The van der Waals surface area contributed by atoms with E-state index >= 15 is 0 Å². The van der Waals surface area contributed by atoms with Gasteiger partial charge < -0.3 is 19.7 Å². The van der Waals surface area contributed by atoms with Crippen LogP contribution in [-0.4, -0.2) is 36.0 Å². The van der Waals surface area contributed by atoms with Gasteiger partial charge in [0, 0.05) is 23.6 Å². The summed E-state index contributed by atoms with van der Waals surface area (Å²) in [5.74, 6) is -0.298. The van der Waals surface area contributed by atoms with Crippen molar-refractivity contribution in [2.75, 3.05) is 14.2 Å². The Bertz CT molecular complexity index is 1160. The van der Waals surface area contributed by atoms with E-state index in [0.29, 0.717) is 23.5 Å². The number of ketones is 2. The number of carbonyl (C=O) groups excluding carboxylic acids is 2. The van der Waals surface area contributed by atoms with Crippen LogP contribution in [0.5, 0.6) is 23.0 Å². The third kappa shape index (κ3) is 2.99. The average Bonchev–Trinajstić information content (AvgIpc) is 2.71. The minimum Gasteiger partial charge on any atom is -0.507 e. The zero-order chi connectivity index (χ0) is 20.7. The standard InChI is InChI=1S/C23H18O6/c1-28-14-7-6-13(19(11-14)29-2)8-12-9-16-21(18(25)10-12)23(27)20-15(22(16)26)4-3-5-17(20)24/h3-7,9-11,24-25H,8H2,1-2H3. The number of methoxy groups -OCH3 is 2. The number of hydrogen-bond donors (Lipinski definition) is 2. The molecule has 0 radical (unpaired) electrons. The van der Waals surface area contributed by atoms with E-state index < -0.39 is 11.6 Å². The predicted molar refractivity (Wildman–Crippen MR) is 105 cm³/mol. The van der Waals surface area contributed by atoms with E-state index in [1.807, 2.05) is 6.07 Å². The lowest BCUT2D eigenvalue weighted by Gasteiger charge is -2.20. The van der Waals surface area contributed by atoms with Gasteiger partial charge in [-0.1, -0.05) is 18.2 Å². The third-order valence-corrected chi connectivity index (χ3v) is 5.05. The topological polar surface area (TPSA) is 93.1 Å². The lowest BCUT2D eigenvalue weighted by molar-refractivity contribution is 0.0974. The molecule has 0 atom stereocenters. The van der Waals surface area contributed by atoms with Gasteiger partial charge >= 0.3 is 0 Å². The summed E-state index contributed by atoms with van der Waals surface area (Å²) in [6.07, 6.45) is 0.377. The molecule has 0 spiro atoms. The quantitative estimate of drug-likeness (QED) is 0.554. The molecule has 3 aromatic carbocycles.